The molecule has 0 heterocycles. The number of rotatable bonds is 4. The van der Waals surface area contributed by atoms with Crippen LogP contribution in [0.1, 0.15) is 39.0 Å². The summed E-state index contributed by atoms with van der Waals surface area (Å²) in [6.45, 7) is 1.94. The second-order valence-corrected chi connectivity index (χ2v) is 4.64. The number of carbonyl (C=O) groups is 1. The fraction of sp³-hybridized carbons (Fsp3) is 0.900. The molecule has 2 fully saturated rings. The first-order valence-electron chi connectivity index (χ1n) is 4.86. The maximum Gasteiger partial charge on any atom is 0.309 e. The molecule has 2 heteroatoms. The zero-order valence-corrected chi connectivity index (χ0v) is 7.55. The second-order valence-electron chi connectivity index (χ2n) is 4.64. The van der Waals surface area contributed by atoms with Crippen LogP contribution in [-0.4, -0.2) is 11.1 Å². The van der Waals surface area contributed by atoms with E-state index in [0.717, 1.165) is 25.2 Å². The normalized spacial score (nSPS) is 28.1. The number of aliphatic carboxylic acids is 1. The summed E-state index contributed by atoms with van der Waals surface area (Å²) in [6, 6.07) is 0. The monoisotopic (exact) mass is 168 g/mol. The van der Waals surface area contributed by atoms with Crippen molar-refractivity contribution in [3.8, 4) is 0 Å². The predicted molar refractivity (Wildman–Crippen MR) is 45.8 cm³/mol. The van der Waals surface area contributed by atoms with Crippen LogP contribution in [0.15, 0.2) is 0 Å². The SMILES string of the molecule is CC(CC1CC1)(C(=O)O)C1CC1. The van der Waals surface area contributed by atoms with Gasteiger partial charge in [-0.15, -0.1) is 0 Å². The molecule has 0 aromatic carbocycles. The molecule has 0 radical (unpaired) electrons. The number of carboxylic acids is 1. The summed E-state index contributed by atoms with van der Waals surface area (Å²) in [4.78, 5) is 11.1. The van der Waals surface area contributed by atoms with Crippen molar-refractivity contribution in [3.63, 3.8) is 0 Å². The lowest BCUT2D eigenvalue weighted by atomic mass is 9.80. The number of hydrogen-bond acceptors (Lipinski definition) is 1. The van der Waals surface area contributed by atoms with Crippen molar-refractivity contribution < 1.29 is 9.90 Å². The maximum absolute atomic E-state index is 11.1. The van der Waals surface area contributed by atoms with Gasteiger partial charge in [0, 0.05) is 0 Å². The third-order valence-electron chi connectivity index (χ3n) is 3.38. The third kappa shape index (κ3) is 1.35. The lowest BCUT2D eigenvalue weighted by Crippen LogP contribution is -2.30. The minimum atomic E-state index is -0.572. The zero-order chi connectivity index (χ0) is 8.77. The zero-order valence-electron chi connectivity index (χ0n) is 7.55. The summed E-state index contributed by atoms with van der Waals surface area (Å²) < 4.78 is 0. The number of carboxylic acid groups (broad SMARTS) is 1. The molecule has 2 saturated carbocycles. The molecule has 0 amide bonds. The van der Waals surface area contributed by atoms with Gasteiger partial charge in [0.15, 0.2) is 0 Å². The summed E-state index contributed by atoms with van der Waals surface area (Å²) >= 11 is 0. The van der Waals surface area contributed by atoms with Crippen molar-refractivity contribution in [2.75, 3.05) is 0 Å². The molecular weight excluding hydrogens is 152 g/mol. The Morgan fingerprint density at radius 3 is 2.33 bits per heavy atom. The van der Waals surface area contributed by atoms with Crippen molar-refractivity contribution in [2.24, 2.45) is 17.3 Å². The molecule has 1 unspecified atom stereocenters. The van der Waals surface area contributed by atoms with Gasteiger partial charge in [-0.05, 0) is 38.0 Å². The van der Waals surface area contributed by atoms with E-state index < -0.39 is 5.97 Å². The minimum Gasteiger partial charge on any atom is -0.481 e. The molecule has 0 aliphatic heterocycles. The van der Waals surface area contributed by atoms with Gasteiger partial charge in [0.1, 0.15) is 0 Å². The Kier molecular flexibility index (Phi) is 1.67. The Morgan fingerprint density at radius 1 is 1.42 bits per heavy atom. The van der Waals surface area contributed by atoms with Gasteiger partial charge < -0.3 is 5.11 Å². The lowest BCUT2D eigenvalue weighted by molar-refractivity contribution is -0.150. The van der Waals surface area contributed by atoms with E-state index in [0.29, 0.717) is 5.92 Å². The van der Waals surface area contributed by atoms with E-state index in [9.17, 15) is 4.79 Å². The molecule has 2 nitrogen and oxygen atoms in total. The van der Waals surface area contributed by atoms with E-state index >= 15 is 0 Å². The van der Waals surface area contributed by atoms with E-state index in [4.69, 9.17) is 5.11 Å². The highest BCUT2D eigenvalue weighted by atomic mass is 16.4. The van der Waals surface area contributed by atoms with Gasteiger partial charge in [-0.3, -0.25) is 4.79 Å². The molecule has 0 aromatic rings. The van der Waals surface area contributed by atoms with Crippen molar-refractivity contribution in [3.05, 3.63) is 0 Å². The van der Waals surface area contributed by atoms with Gasteiger partial charge in [0.05, 0.1) is 5.41 Å². The van der Waals surface area contributed by atoms with Crippen LogP contribution >= 0.6 is 0 Å². The average molecular weight is 168 g/mol. The summed E-state index contributed by atoms with van der Waals surface area (Å²) in [5.74, 6) is 0.638. The fourth-order valence-electron chi connectivity index (χ4n) is 2.07. The average Bonchev–Trinajstić information content (AvgIpc) is 2.83. The molecule has 2 aliphatic rings. The summed E-state index contributed by atoms with van der Waals surface area (Å²) in [5.41, 5.74) is -0.388. The number of hydrogen-bond donors (Lipinski definition) is 1. The first kappa shape index (κ1) is 8.09. The molecule has 1 atom stereocenters. The van der Waals surface area contributed by atoms with Gasteiger partial charge >= 0.3 is 5.97 Å². The first-order chi connectivity index (χ1) is 5.63. The largest absolute Gasteiger partial charge is 0.481 e. The summed E-state index contributed by atoms with van der Waals surface area (Å²) in [6.07, 6.45) is 5.71. The quantitative estimate of drug-likeness (QED) is 0.699. The fourth-order valence-corrected chi connectivity index (χ4v) is 2.07. The van der Waals surface area contributed by atoms with Crippen LogP contribution in [0.2, 0.25) is 0 Å². The van der Waals surface area contributed by atoms with Gasteiger partial charge in [-0.25, -0.2) is 0 Å². The van der Waals surface area contributed by atoms with E-state index in [-0.39, 0.29) is 5.41 Å². The Labute approximate surface area is 73.0 Å². The van der Waals surface area contributed by atoms with Gasteiger partial charge in [-0.2, -0.15) is 0 Å². The van der Waals surface area contributed by atoms with Crippen LogP contribution in [-0.2, 0) is 4.79 Å². The van der Waals surface area contributed by atoms with Crippen molar-refractivity contribution in [1.29, 1.82) is 0 Å². The highest BCUT2D eigenvalue weighted by molar-refractivity contribution is 5.75. The molecule has 2 aliphatic carbocycles. The molecule has 2 rings (SSSR count). The van der Waals surface area contributed by atoms with E-state index in [1.165, 1.54) is 12.8 Å². The standard InChI is InChI=1S/C10H16O2/c1-10(9(11)12,8-4-5-8)6-7-2-3-7/h7-8H,2-6H2,1H3,(H,11,12). The Hall–Kier alpha value is -0.530. The van der Waals surface area contributed by atoms with Crippen molar-refractivity contribution in [1.82, 2.24) is 0 Å². The van der Waals surface area contributed by atoms with Gasteiger partial charge in [0.25, 0.3) is 0 Å². The molecule has 68 valence electrons. The molecule has 12 heavy (non-hydrogen) atoms. The van der Waals surface area contributed by atoms with Crippen LogP contribution in [0.25, 0.3) is 0 Å². The Bertz CT molecular complexity index is 204. The van der Waals surface area contributed by atoms with E-state index in [2.05, 4.69) is 0 Å². The highest BCUT2D eigenvalue weighted by Crippen LogP contribution is 2.52. The maximum atomic E-state index is 11.1. The molecular formula is C10H16O2. The second kappa shape index (κ2) is 2.48. The Morgan fingerprint density at radius 2 is 2.00 bits per heavy atom. The topological polar surface area (TPSA) is 37.3 Å². The smallest absolute Gasteiger partial charge is 0.309 e. The minimum absolute atomic E-state index is 0.388. The molecule has 0 saturated heterocycles. The van der Waals surface area contributed by atoms with Gasteiger partial charge in [-0.1, -0.05) is 12.8 Å². The highest BCUT2D eigenvalue weighted by Gasteiger charge is 2.49. The van der Waals surface area contributed by atoms with Crippen LogP contribution in [0.3, 0.4) is 0 Å². The van der Waals surface area contributed by atoms with Crippen LogP contribution in [0.5, 0.6) is 0 Å². The lowest BCUT2D eigenvalue weighted by Gasteiger charge is -2.24. The Balaban J connectivity index is 2.02. The molecule has 1 N–H and O–H groups in total. The molecule has 0 aromatic heterocycles. The van der Waals surface area contributed by atoms with E-state index in [1.807, 2.05) is 6.92 Å². The van der Waals surface area contributed by atoms with Crippen LogP contribution in [0, 0.1) is 17.3 Å². The molecule has 0 bridgehead atoms. The van der Waals surface area contributed by atoms with Crippen LogP contribution < -0.4 is 0 Å². The van der Waals surface area contributed by atoms with Crippen molar-refractivity contribution >= 4 is 5.97 Å². The van der Waals surface area contributed by atoms with Gasteiger partial charge in [0.2, 0.25) is 0 Å². The van der Waals surface area contributed by atoms with E-state index in [1.54, 1.807) is 0 Å². The summed E-state index contributed by atoms with van der Waals surface area (Å²) in [5, 5.41) is 9.12. The van der Waals surface area contributed by atoms with Crippen molar-refractivity contribution in [2.45, 2.75) is 39.0 Å². The first-order valence-corrected chi connectivity index (χ1v) is 4.86. The third-order valence-corrected chi connectivity index (χ3v) is 3.38. The molecule has 0 spiro atoms. The summed E-state index contributed by atoms with van der Waals surface area (Å²) in [7, 11) is 0. The van der Waals surface area contributed by atoms with Crippen LogP contribution in [0.4, 0.5) is 0 Å². The predicted octanol–water partition coefficient (Wildman–Crippen LogP) is 2.29.